The SMILES string of the molecule is CCCCNC(=O)N1Cc2ccccc2C[C@H]1C(=O)O. The van der Waals surface area contributed by atoms with E-state index in [1.54, 1.807) is 0 Å². The molecule has 0 saturated heterocycles. The molecule has 5 heteroatoms. The second kappa shape index (κ2) is 6.41. The Morgan fingerprint density at radius 3 is 2.70 bits per heavy atom. The zero-order valence-corrected chi connectivity index (χ0v) is 11.6. The Hall–Kier alpha value is -2.04. The maximum absolute atomic E-state index is 12.1. The maximum atomic E-state index is 12.1. The van der Waals surface area contributed by atoms with Gasteiger partial charge in [-0.2, -0.15) is 0 Å². The number of urea groups is 1. The highest BCUT2D eigenvalue weighted by Gasteiger charge is 2.34. The van der Waals surface area contributed by atoms with Crippen molar-refractivity contribution in [3.8, 4) is 0 Å². The number of hydrogen-bond donors (Lipinski definition) is 2. The van der Waals surface area contributed by atoms with Crippen LogP contribution in [-0.4, -0.2) is 34.6 Å². The minimum absolute atomic E-state index is 0.291. The fourth-order valence-electron chi connectivity index (χ4n) is 2.43. The van der Waals surface area contributed by atoms with Crippen molar-refractivity contribution in [2.45, 2.75) is 38.8 Å². The van der Waals surface area contributed by atoms with Gasteiger partial charge < -0.3 is 15.3 Å². The molecule has 0 saturated carbocycles. The quantitative estimate of drug-likeness (QED) is 0.826. The average molecular weight is 276 g/mol. The number of carbonyl (C=O) groups excluding carboxylic acids is 1. The molecule has 1 aromatic carbocycles. The van der Waals surface area contributed by atoms with Gasteiger partial charge in [0.05, 0.1) is 0 Å². The average Bonchev–Trinajstić information content (AvgIpc) is 2.46. The maximum Gasteiger partial charge on any atom is 0.326 e. The molecule has 20 heavy (non-hydrogen) atoms. The third-order valence-corrected chi connectivity index (χ3v) is 3.60. The van der Waals surface area contributed by atoms with Crippen LogP contribution in [0.4, 0.5) is 4.79 Å². The molecule has 0 radical (unpaired) electrons. The predicted octanol–water partition coefficient (Wildman–Crippen LogP) is 2.01. The summed E-state index contributed by atoms with van der Waals surface area (Å²) in [4.78, 5) is 25.0. The van der Waals surface area contributed by atoms with Gasteiger partial charge in [-0.25, -0.2) is 9.59 Å². The zero-order chi connectivity index (χ0) is 14.5. The van der Waals surface area contributed by atoms with Gasteiger partial charge in [0.1, 0.15) is 6.04 Å². The Morgan fingerprint density at radius 2 is 2.05 bits per heavy atom. The van der Waals surface area contributed by atoms with Crippen LogP contribution in [-0.2, 0) is 17.8 Å². The molecular weight excluding hydrogens is 256 g/mol. The van der Waals surface area contributed by atoms with E-state index in [4.69, 9.17) is 0 Å². The minimum atomic E-state index is -0.954. The van der Waals surface area contributed by atoms with E-state index in [1.807, 2.05) is 31.2 Å². The molecule has 2 N–H and O–H groups in total. The van der Waals surface area contributed by atoms with Crippen molar-refractivity contribution in [3.63, 3.8) is 0 Å². The zero-order valence-electron chi connectivity index (χ0n) is 11.6. The van der Waals surface area contributed by atoms with Gasteiger partial charge in [0.15, 0.2) is 0 Å². The molecule has 0 spiro atoms. The third-order valence-electron chi connectivity index (χ3n) is 3.60. The molecule has 1 aromatic rings. The summed E-state index contributed by atoms with van der Waals surface area (Å²) in [5.41, 5.74) is 2.04. The number of carboxylic acids is 1. The number of benzene rings is 1. The van der Waals surface area contributed by atoms with Crippen LogP contribution in [0.15, 0.2) is 24.3 Å². The van der Waals surface area contributed by atoms with Crippen LogP contribution in [0.5, 0.6) is 0 Å². The second-order valence-corrected chi connectivity index (χ2v) is 5.04. The van der Waals surface area contributed by atoms with E-state index in [0.29, 0.717) is 19.5 Å². The highest BCUT2D eigenvalue weighted by Crippen LogP contribution is 2.23. The fraction of sp³-hybridized carbons (Fsp3) is 0.467. The summed E-state index contributed by atoms with van der Waals surface area (Å²) in [5.74, 6) is -0.954. The van der Waals surface area contributed by atoms with E-state index in [1.165, 1.54) is 4.90 Å². The van der Waals surface area contributed by atoms with Gasteiger partial charge in [0.25, 0.3) is 0 Å². The molecule has 0 fully saturated rings. The Kier molecular flexibility index (Phi) is 4.61. The number of nitrogens with one attached hydrogen (secondary N) is 1. The molecule has 2 amide bonds. The number of rotatable bonds is 4. The minimum Gasteiger partial charge on any atom is -0.480 e. The van der Waals surface area contributed by atoms with E-state index in [-0.39, 0.29) is 6.03 Å². The van der Waals surface area contributed by atoms with Gasteiger partial charge in [-0.3, -0.25) is 0 Å². The lowest BCUT2D eigenvalue weighted by Gasteiger charge is -2.34. The molecule has 0 aliphatic carbocycles. The first kappa shape index (κ1) is 14.4. The first-order valence-corrected chi connectivity index (χ1v) is 6.97. The van der Waals surface area contributed by atoms with Crippen molar-refractivity contribution < 1.29 is 14.7 Å². The summed E-state index contributed by atoms with van der Waals surface area (Å²) < 4.78 is 0. The summed E-state index contributed by atoms with van der Waals surface area (Å²) in [6.07, 6.45) is 2.26. The number of carboxylic acid groups (broad SMARTS) is 1. The van der Waals surface area contributed by atoms with Gasteiger partial charge in [0, 0.05) is 19.5 Å². The number of fused-ring (bicyclic) bond motifs is 1. The van der Waals surface area contributed by atoms with Crippen LogP contribution in [0, 0.1) is 0 Å². The van der Waals surface area contributed by atoms with Crippen molar-refractivity contribution in [3.05, 3.63) is 35.4 Å². The van der Waals surface area contributed by atoms with E-state index >= 15 is 0 Å². The summed E-state index contributed by atoms with van der Waals surface area (Å²) in [6, 6.07) is 6.60. The monoisotopic (exact) mass is 276 g/mol. The molecule has 1 heterocycles. The first-order valence-electron chi connectivity index (χ1n) is 6.97. The normalized spacial score (nSPS) is 17.4. The first-order chi connectivity index (χ1) is 9.63. The molecule has 1 aliphatic heterocycles. The number of nitrogens with zero attached hydrogens (tertiary/aromatic N) is 1. The molecule has 1 aliphatic rings. The van der Waals surface area contributed by atoms with E-state index < -0.39 is 12.0 Å². The van der Waals surface area contributed by atoms with Gasteiger partial charge >= 0.3 is 12.0 Å². The Balaban J connectivity index is 2.13. The molecule has 1 atom stereocenters. The van der Waals surface area contributed by atoms with Crippen LogP contribution in [0.1, 0.15) is 30.9 Å². The van der Waals surface area contributed by atoms with E-state index in [9.17, 15) is 14.7 Å². The highest BCUT2D eigenvalue weighted by molar-refractivity contribution is 5.83. The van der Waals surface area contributed by atoms with Gasteiger partial charge in [-0.15, -0.1) is 0 Å². The van der Waals surface area contributed by atoms with Crippen molar-refractivity contribution in [1.29, 1.82) is 0 Å². The Labute approximate surface area is 118 Å². The van der Waals surface area contributed by atoms with Crippen molar-refractivity contribution in [2.75, 3.05) is 6.54 Å². The van der Waals surface area contributed by atoms with E-state index in [0.717, 1.165) is 24.0 Å². The number of carbonyl (C=O) groups is 2. The van der Waals surface area contributed by atoms with Crippen molar-refractivity contribution >= 4 is 12.0 Å². The smallest absolute Gasteiger partial charge is 0.326 e. The van der Waals surface area contributed by atoms with E-state index in [2.05, 4.69) is 5.32 Å². The number of aliphatic carboxylic acids is 1. The number of hydrogen-bond acceptors (Lipinski definition) is 2. The fourth-order valence-corrected chi connectivity index (χ4v) is 2.43. The Morgan fingerprint density at radius 1 is 1.35 bits per heavy atom. The van der Waals surface area contributed by atoms with Crippen LogP contribution in [0.3, 0.4) is 0 Å². The lowest BCUT2D eigenvalue weighted by atomic mass is 9.94. The highest BCUT2D eigenvalue weighted by atomic mass is 16.4. The van der Waals surface area contributed by atoms with Gasteiger partial charge in [-0.1, -0.05) is 37.6 Å². The molecular formula is C15H20N2O3. The molecule has 0 aromatic heterocycles. The van der Waals surface area contributed by atoms with Gasteiger partial charge in [-0.05, 0) is 17.5 Å². The molecule has 2 rings (SSSR count). The van der Waals surface area contributed by atoms with Gasteiger partial charge in [0.2, 0.25) is 0 Å². The third kappa shape index (κ3) is 3.10. The van der Waals surface area contributed by atoms with Crippen molar-refractivity contribution in [1.82, 2.24) is 10.2 Å². The number of unbranched alkanes of at least 4 members (excludes halogenated alkanes) is 1. The topological polar surface area (TPSA) is 69.6 Å². The molecule has 108 valence electrons. The summed E-state index contributed by atoms with van der Waals surface area (Å²) in [6.45, 7) is 2.98. The summed E-state index contributed by atoms with van der Waals surface area (Å²) in [7, 11) is 0. The van der Waals surface area contributed by atoms with Crippen LogP contribution < -0.4 is 5.32 Å². The predicted molar refractivity (Wildman–Crippen MR) is 75.4 cm³/mol. The Bertz CT molecular complexity index is 502. The second-order valence-electron chi connectivity index (χ2n) is 5.04. The van der Waals surface area contributed by atoms with Crippen LogP contribution in [0.2, 0.25) is 0 Å². The van der Waals surface area contributed by atoms with Crippen LogP contribution in [0.25, 0.3) is 0 Å². The lowest BCUT2D eigenvalue weighted by molar-refractivity contribution is -0.142. The van der Waals surface area contributed by atoms with Crippen LogP contribution >= 0.6 is 0 Å². The number of amides is 2. The van der Waals surface area contributed by atoms with Crippen molar-refractivity contribution in [2.24, 2.45) is 0 Å². The summed E-state index contributed by atoms with van der Waals surface area (Å²) >= 11 is 0. The molecule has 5 nitrogen and oxygen atoms in total. The lowest BCUT2D eigenvalue weighted by Crippen LogP contribution is -2.52. The standard InChI is InChI=1S/C15H20N2O3/c1-2-3-8-16-15(20)17-10-12-7-5-4-6-11(12)9-13(17)14(18)19/h4-7,13H,2-3,8-10H2,1H3,(H,16,20)(H,18,19)/t13-/m0/s1. The summed E-state index contributed by atoms with van der Waals surface area (Å²) in [5, 5.41) is 12.1. The molecule has 0 bridgehead atoms. The largest absolute Gasteiger partial charge is 0.480 e. The molecule has 0 unspecified atom stereocenters.